The molecule has 0 bridgehead atoms. The highest BCUT2D eigenvalue weighted by Crippen LogP contribution is 2.35. The van der Waals surface area contributed by atoms with E-state index in [9.17, 15) is 9.59 Å². The number of likely N-dealkylation sites (tertiary alicyclic amines) is 1. The lowest BCUT2D eigenvalue weighted by molar-refractivity contribution is -0.133. The van der Waals surface area contributed by atoms with Crippen molar-refractivity contribution >= 4 is 23.6 Å². The highest BCUT2D eigenvalue weighted by molar-refractivity contribution is 8.00. The van der Waals surface area contributed by atoms with Gasteiger partial charge in [0.15, 0.2) is 0 Å². The first-order valence-corrected chi connectivity index (χ1v) is 8.34. The molecule has 6 heteroatoms. The molecule has 0 radical (unpaired) electrons. The average molecular weight is 310 g/mol. The minimum Gasteiger partial charge on any atom is -0.464 e. The Morgan fingerprint density at radius 3 is 2.81 bits per heavy atom. The molecule has 1 aliphatic heterocycles. The number of hydrogen-bond donors (Lipinski definition) is 1. The molecule has 5 nitrogen and oxygen atoms in total. The number of carbonyl (C=O) groups is 2. The predicted octanol–water partition coefficient (Wildman–Crippen LogP) is 2.11. The highest BCUT2D eigenvalue weighted by Gasteiger charge is 2.32. The zero-order valence-electron chi connectivity index (χ0n) is 12.5. The van der Waals surface area contributed by atoms with Crippen LogP contribution in [0.4, 0.5) is 0 Å². The number of primary amides is 1. The van der Waals surface area contributed by atoms with Crippen molar-refractivity contribution in [2.45, 2.75) is 32.7 Å². The summed E-state index contributed by atoms with van der Waals surface area (Å²) in [5.74, 6) is 2.41. The van der Waals surface area contributed by atoms with E-state index >= 15 is 0 Å². The van der Waals surface area contributed by atoms with Crippen LogP contribution in [0.1, 0.15) is 37.3 Å². The van der Waals surface area contributed by atoms with Crippen LogP contribution in [0.15, 0.2) is 16.5 Å². The van der Waals surface area contributed by atoms with E-state index in [0.717, 1.165) is 30.9 Å². The maximum atomic E-state index is 12.4. The van der Waals surface area contributed by atoms with Crippen LogP contribution in [-0.4, -0.2) is 34.8 Å². The molecule has 0 aliphatic carbocycles. The Morgan fingerprint density at radius 2 is 2.19 bits per heavy atom. The van der Waals surface area contributed by atoms with Crippen LogP contribution in [0.25, 0.3) is 0 Å². The van der Waals surface area contributed by atoms with Gasteiger partial charge in [-0.3, -0.25) is 9.59 Å². The van der Waals surface area contributed by atoms with Gasteiger partial charge in [-0.25, -0.2) is 0 Å². The minimum absolute atomic E-state index is 0.00382. The van der Waals surface area contributed by atoms with Crippen molar-refractivity contribution in [2.24, 2.45) is 11.7 Å². The first-order valence-electron chi connectivity index (χ1n) is 7.19. The second-order valence-corrected chi connectivity index (χ2v) is 6.63. The average Bonchev–Trinajstić information content (AvgIpc) is 2.84. The molecular weight excluding hydrogens is 288 g/mol. The molecule has 1 aromatic heterocycles. The number of furan rings is 1. The number of rotatable bonds is 5. The second kappa shape index (κ2) is 7.02. The molecule has 116 valence electrons. The number of piperidine rings is 1. The lowest BCUT2D eigenvalue weighted by atomic mass is 9.91. The number of nitrogens with zero attached hydrogens (tertiary/aromatic N) is 1. The Kier molecular flexibility index (Phi) is 5.33. The molecule has 2 heterocycles. The van der Waals surface area contributed by atoms with E-state index in [1.54, 1.807) is 0 Å². The number of nitrogens with two attached hydrogens (primary N) is 1. The van der Waals surface area contributed by atoms with Crippen molar-refractivity contribution < 1.29 is 14.0 Å². The zero-order chi connectivity index (χ0) is 15.4. The van der Waals surface area contributed by atoms with E-state index in [-0.39, 0.29) is 23.5 Å². The van der Waals surface area contributed by atoms with Crippen molar-refractivity contribution in [1.29, 1.82) is 0 Å². The molecule has 1 saturated heterocycles. The Hall–Kier alpha value is -1.43. The Labute approximate surface area is 129 Å². The minimum atomic E-state index is -0.390. The summed E-state index contributed by atoms with van der Waals surface area (Å²) in [5, 5.41) is 0. The van der Waals surface area contributed by atoms with E-state index in [1.165, 1.54) is 11.8 Å². The number of hydrogen-bond acceptors (Lipinski definition) is 4. The molecule has 1 fully saturated rings. The third-order valence-corrected chi connectivity index (χ3v) is 4.68. The molecule has 0 spiro atoms. The van der Waals surface area contributed by atoms with Gasteiger partial charge in [0, 0.05) is 6.54 Å². The fraction of sp³-hybridized carbons (Fsp3) is 0.600. The topological polar surface area (TPSA) is 76.5 Å². The molecule has 2 atom stereocenters. The number of carbonyl (C=O) groups excluding carboxylic acids is 2. The molecule has 1 aromatic rings. The quantitative estimate of drug-likeness (QED) is 0.903. The Morgan fingerprint density at radius 1 is 1.43 bits per heavy atom. The third kappa shape index (κ3) is 4.27. The van der Waals surface area contributed by atoms with Crippen molar-refractivity contribution in [3.8, 4) is 0 Å². The summed E-state index contributed by atoms with van der Waals surface area (Å²) in [7, 11) is 0. The van der Waals surface area contributed by atoms with Gasteiger partial charge in [-0.1, -0.05) is 6.92 Å². The van der Waals surface area contributed by atoms with E-state index in [4.69, 9.17) is 10.2 Å². The van der Waals surface area contributed by atoms with Crippen LogP contribution in [0.2, 0.25) is 0 Å². The molecule has 2 unspecified atom stereocenters. The van der Waals surface area contributed by atoms with Crippen molar-refractivity contribution in [3.63, 3.8) is 0 Å². The van der Waals surface area contributed by atoms with Gasteiger partial charge in [-0.2, -0.15) is 0 Å². The van der Waals surface area contributed by atoms with Crippen LogP contribution in [0, 0.1) is 12.8 Å². The smallest absolute Gasteiger partial charge is 0.233 e. The van der Waals surface area contributed by atoms with E-state index in [0.29, 0.717) is 5.92 Å². The van der Waals surface area contributed by atoms with E-state index < -0.39 is 5.91 Å². The Bertz CT molecular complexity index is 515. The van der Waals surface area contributed by atoms with Crippen LogP contribution in [0.5, 0.6) is 0 Å². The maximum absolute atomic E-state index is 12.4. The standard InChI is InChI=1S/C15H22N2O3S/c1-10-5-6-17(15(19)9-21-8-14(16)18)12(7-10)13-4-3-11(2)20-13/h3-4,10,12H,5-9H2,1-2H3,(H2,16,18). The summed E-state index contributed by atoms with van der Waals surface area (Å²) < 4.78 is 5.72. The van der Waals surface area contributed by atoms with Crippen LogP contribution < -0.4 is 5.73 Å². The molecular formula is C15H22N2O3S. The molecule has 21 heavy (non-hydrogen) atoms. The fourth-order valence-electron chi connectivity index (χ4n) is 2.66. The summed E-state index contributed by atoms with van der Waals surface area (Å²) in [6.45, 7) is 4.85. The molecule has 1 aliphatic rings. The van der Waals surface area contributed by atoms with Crippen molar-refractivity contribution in [3.05, 3.63) is 23.7 Å². The fourth-order valence-corrected chi connectivity index (χ4v) is 3.31. The van der Waals surface area contributed by atoms with Gasteiger partial charge >= 0.3 is 0 Å². The van der Waals surface area contributed by atoms with Gasteiger partial charge in [-0.15, -0.1) is 11.8 Å². The van der Waals surface area contributed by atoms with Gasteiger partial charge in [0.1, 0.15) is 11.5 Å². The third-order valence-electron chi connectivity index (χ3n) is 3.74. The van der Waals surface area contributed by atoms with Crippen molar-refractivity contribution in [2.75, 3.05) is 18.1 Å². The second-order valence-electron chi connectivity index (χ2n) is 5.64. The van der Waals surface area contributed by atoms with E-state index in [1.807, 2.05) is 24.0 Å². The summed E-state index contributed by atoms with van der Waals surface area (Å²) in [6.07, 6.45) is 1.92. The van der Waals surface area contributed by atoms with Gasteiger partial charge in [0.25, 0.3) is 0 Å². The van der Waals surface area contributed by atoms with E-state index in [2.05, 4.69) is 6.92 Å². The first kappa shape index (κ1) is 15.9. The van der Waals surface area contributed by atoms with Gasteiger partial charge in [0.2, 0.25) is 11.8 Å². The molecule has 2 N–H and O–H groups in total. The number of thioether (sulfide) groups is 1. The monoisotopic (exact) mass is 310 g/mol. The number of aryl methyl sites for hydroxylation is 1. The van der Waals surface area contributed by atoms with Crippen molar-refractivity contribution in [1.82, 2.24) is 4.90 Å². The summed E-state index contributed by atoms with van der Waals surface area (Å²) in [4.78, 5) is 25.0. The molecule has 0 saturated carbocycles. The summed E-state index contributed by atoms with van der Waals surface area (Å²) >= 11 is 1.27. The lowest BCUT2D eigenvalue weighted by Gasteiger charge is -2.37. The Balaban J connectivity index is 2.04. The van der Waals surface area contributed by atoms with Gasteiger partial charge in [-0.05, 0) is 37.8 Å². The molecule has 2 amide bonds. The zero-order valence-corrected chi connectivity index (χ0v) is 13.3. The molecule has 2 rings (SSSR count). The van der Waals surface area contributed by atoms with Crippen LogP contribution in [-0.2, 0) is 9.59 Å². The number of amides is 2. The molecule has 0 aromatic carbocycles. The first-order chi connectivity index (χ1) is 9.97. The SMILES string of the molecule is Cc1ccc(C2CC(C)CCN2C(=O)CSCC(N)=O)o1. The van der Waals surface area contributed by atoms with Crippen LogP contribution in [0.3, 0.4) is 0 Å². The predicted molar refractivity (Wildman–Crippen MR) is 82.8 cm³/mol. The maximum Gasteiger partial charge on any atom is 0.233 e. The largest absolute Gasteiger partial charge is 0.464 e. The van der Waals surface area contributed by atoms with Gasteiger partial charge in [0.05, 0.1) is 17.5 Å². The van der Waals surface area contributed by atoms with Gasteiger partial charge < -0.3 is 15.1 Å². The normalized spacial score (nSPS) is 22.3. The van der Waals surface area contributed by atoms with Crippen LogP contribution >= 0.6 is 11.8 Å². The highest BCUT2D eigenvalue weighted by atomic mass is 32.2. The lowest BCUT2D eigenvalue weighted by Crippen LogP contribution is -2.41. The summed E-state index contributed by atoms with van der Waals surface area (Å²) in [5.41, 5.74) is 5.10. The summed E-state index contributed by atoms with van der Waals surface area (Å²) in [6, 6.07) is 3.89.